The highest BCUT2D eigenvalue weighted by atomic mass is 79.9. The van der Waals surface area contributed by atoms with Gasteiger partial charge >= 0.3 is 0 Å². The highest BCUT2D eigenvalue weighted by molar-refractivity contribution is 9.10. The van der Waals surface area contributed by atoms with E-state index in [4.69, 9.17) is 0 Å². The van der Waals surface area contributed by atoms with Crippen LogP contribution in [-0.2, 0) is 5.60 Å². The molecule has 0 amide bonds. The Kier molecular flexibility index (Phi) is 3.33. The minimum Gasteiger partial charge on any atom is -0.384 e. The van der Waals surface area contributed by atoms with Gasteiger partial charge in [0, 0.05) is 12.1 Å². The van der Waals surface area contributed by atoms with Gasteiger partial charge < -0.3 is 10.0 Å². The molecule has 4 heteroatoms. The van der Waals surface area contributed by atoms with E-state index in [0.29, 0.717) is 23.0 Å². The van der Waals surface area contributed by atoms with Gasteiger partial charge in [-0.3, -0.25) is 0 Å². The molecule has 0 radical (unpaired) electrons. The molecule has 1 fully saturated rings. The fraction of sp³-hybridized carbons (Fsp3) is 0.500. The molecule has 0 aromatic heterocycles. The molecule has 88 valence electrons. The first-order valence-corrected chi connectivity index (χ1v) is 6.18. The van der Waals surface area contributed by atoms with Crippen LogP contribution in [0, 0.1) is 5.82 Å². The summed E-state index contributed by atoms with van der Waals surface area (Å²) < 4.78 is 14.3. The molecule has 0 aliphatic carbocycles. The molecular formula is C12H15BrFNO. The van der Waals surface area contributed by atoms with Crippen LogP contribution < -0.4 is 0 Å². The van der Waals surface area contributed by atoms with Crippen LogP contribution in [0.1, 0.15) is 18.4 Å². The van der Waals surface area contributed by atoms with Gasteiger partial charge in [-0.05, 0) is 48.4 Å². The Bertz CT molecular complexity index is 399. The number of nitrogens with zero attached hydrogens (tertiary/aromatic N) is 1. The van der Waals surface area contributed by atoms with Crippen molar-refractivity contribution in [2.24, 2.45) is 0 Å². The maximum Gasteiger partial charge on any atom is 0.143 e. The third-order valence-corrected chi connectivity index (χ3v) is 3.73. The summed E-state index contributed by atoms with van der Waals surface area (Å²) in [6, 6.07) is 5.07. The van der Waals surface area contributed by atoms with E-state index < -0.39 is 5.60 Å². The summed E-state index contributed by atoms with van der Waals surface area (Å²) in [6.07, 6.45) is 1.50. The van der Waals surface area contributed by atoms with Crippen LogP contribution >= 0.6 is 15.9 Å². The van der Waals surface area contributed by atoms with Gasteiger partial charge in [0.1, 0.15) is 11.4 Å². The van der Waals surface area contributed by atoms with Crippen LogP contribution in [0.25, 0.3) is 0 Å². The molecule has 1 aliphatic rings. The Hall–Kier alpha value is -0.450. The van der Waals surface area contributed by atoms with Crippen molar-refractivity contribution in [3.05, 3.63) is 34.1 Å². The summed E-state index contributed by atoms with van der Waals surface area (Å²) in [7, 11) is 1.94. The SMILES string of the molecule is CN1CCCC(O)(c2cccc(Br)c2F)C1. The Morgan fingerprint density at radius 1 is 1.50 bits per heavy atom. The van der Waals surface area contributed by atoms with Gasteiger partial charge in [-0.15, -0.1) is 0 Å². The molecule has 1 unspecified atom stereocenters. The molecule has 1 saturated heterocycles. The first kappa shape index (κ1) is 12.0. The standard InChI is InChI=1S/C12H15BrFNO/c1-15-7-3-6-12(16,8-15)9-4-2-5-10(13)11(9)14/h2,4-5,16H,3,6-8H2,1H3. The lowest BCUT2D eigenvalue weighted by atomic mass is 9.85. The normalized spacial score (nSPS) is 27.0. The van der Waals surface area contributed by atoms with E-state index in [2.05, 4.69) is 15.9 Å². The monoisotopic (exact) mass is 287 g/mol. The van der Waals surface area contributed by atoms with Crippen molar-refractivity contribution >= 4 is 15.9 Å². The minimum atomic E-state index is -1.05. The van der Waals surface area contributed by atoms with E-state index in [1.807, 2.05) is 11.9 Å². The van der Waals surface area contributed by atoms with Crippen molar-refractivity contribution in [2.45, 2.75) is 18.4 Å². The molecule has 1 N–H and O–H groups in total. The van der Waals surface area contributed by atoms with E-state index in [9.17, 15) is 9.50 Å². The average molecular weight is 288 g/mol. The van der Waals surface area contributed by atoms with Crippen LogP contribution in [0.3, 0.4) is 0 Å². The Morgan fingerprint density at radius 2 is 2.25 bits per heavy atom. The molecule has 0 saturated carbocycles. The molecular weight excluding hydrogens is 273 g/mol. The molecule has 2 rings (SSSR count). The predicted octanol–water partition coefficient (Wildman–Crippen LogP) is 2.50. The van der Waals surface area contributed by atoms with Crippen molar-refractivity contribution in [1.29, 1.82) is 0 Å². The van der Waals surface area contributed by atoms with Gasteiger partial charge in [0.25, 0.3) is 0 Å². The number of likely N-dealkylation sites (N-methyl/N-ethyl adjacent to an activating group) is 1. The third kappa shape index (κ3) is 2.14. The van der Waals surface area contributed by atoms with E-state index in [-0.39, 0.29) is 5.82 Å². The van der Waals surface area contributed by atoms with Gasteiger partial charge in [0.05, 0.1) is 4.47 Å². The maximum absolute atomic E-state index is 13.9. The molecule has 1 atom stereocenters. The molecule has 1 aromatic rings. The van der Waals surface area contributed by atoms with E-state index in [1.54, 1.807) is 18.2 Å². The first-order chi connectivity index (χ1) is 7.53. The van der Waals surface area contributed by atoms with E-state index in [0.717, 1.165) is 13.0 Å². The van der Waals surface area contributed by atoms with Crippen molar-refractivity contribution in [3.8, 4) is 0 Å². The second-order valence-electron chi connectivity index (χ2n) is 4.47. The molecule has 2 nitrogen and oxygen atoms in total. The van der Waals surface area contributed by atoms with Gasteiger partial charge in [-0.2, -0.15) is 0 Å². The predicted molar refractivity (Wildman–Crippen MR) is 64.7 cm³/mol. The molecule has 1 aliphatic heterocycles. The number of halogens is 2. The number of piperidine rings is 1. The van der Waals surface area contributed by atoms with E-state index >= 15 is 0 Å². The highest BCUT2D eigenvalue weighted by Crippen LogP contribution is 2.34. The van der Waals surface area contributed by atoms with Crippen molar-refractivity contribution in [3.63, 3.8) is 0 Å². The van der Waals surface area contributed by atoms with Crippen molar-refractivity contribution < 1.29 is 9.50 Å². The number of rotatable bonds is 1. The number of benzene rings is 1. The second-order valence-corrected chi connectivity index (χ2v) is 5.33. The summed E-state index contributed by atoms with van der Waals surface area (Å²) >= 11 is 3.15. The molecule has 0 spiro atoms. The number of aliphatic hydroxyl groups is 1. The lowest BCUT2D eigenvalue weighted by Gasteiger charge is -2.38. The lowest BCUT2D eigenvalue weighted by molar-refractivity contribution is -0.0304. The summed E-state index contributed by atoms with van der Waals surface area (Å²) in [5.74, 6) is -0.347. The first-order valence-electron chi connectivity index (χ1n) is 5.38. The van der Waals surface area contributed by atoms with Gasteiger partial charge in [0.15, 0.2) is 0 Å². The number of likely N-dealkylation sites (tertiary alicyclic amines) is 1. The van der Waals surface area contributed by atoms with Crippen LogP contribution in [-0.4, -0.2) is 30.1 Å². The zero-order chi connectivity index (χ0) is 11.8. The third-order valence-electron chi connectivity index (χ3n) is 3.11. The summed E-state index contributed by atoms with van der Waals surface area (Å²) in [4.78, 5) is 2.03. The van der Waals surface area contributed by atoms with Crippen LogP contribution in [0.2, 0.25) is 0 Å². The number of hydrogen-bond donors (Lipinski definition) is 1. The molecule has 1 heterocycles. The van der Waals surface area contributed by atoms with Gasteiger partial charge in [-0.25, -0.2) is 4.39 Å². The summed E-state index contributed by atoms with van der Waals surface area (Å²) in [5.41, 5.74) is -0.658. The van der Waals surface area contributed by atoms with Crippen LogP contribution in [0.4, 0.5) is 4.39 Å². The van der Waals surface area contributed by atoms with E-state index in [1.165, 1.54) is 0 Å². The summed E-state index contributed by atoms with van der Waals surface area (Å²) in [5, 5.41) is 10.5. The average Bonchev–Trinajstić information content (AvgIpc) is 2.21. The van der Waals surface area contributed by atoms with Crippen LogP contribution in [0.15, 0.2) is 22.7 Å². The van der Waals surface area contributed by atoms with Gasteiger partial charge in [0.2, 0.25) is 0 Å². The zero-order valence-electron chi connectivity index (χ0n) is 9.21. The van der Waals surface area contributed by atoms with Crippen molar-refractivity contribution in [2.75, 3.05) is 20.1 Å². The quantitative estimate of drug-likeness (QED) is 0.858. The Labute approximate surface area is 103 Å². The highest BCUT2D eigenvalue weighted by Gasteiger charge is 2.36. The Morgan fingerprint density at radius 3 is 2.94 bits per heavy atom. The minimum absolute atomic E-state index is 0.347. The van der Waals surface area contributed by atoms with Gasteiger partial charge in [-0.1, -0.05) is 12.1 Å². The largest absolute Gasteiger partial charge is 0.384 e. The fourth-order valence-electron chi connectivity index (χ4n) is 2.33. The topological polar surface area (TPSA) is 23.5 Å². The molecule has 0 bridgehead atoms. The summed E-state index contributed by atoms with van der Waals surface area (Å²) in [6.45, 7) is 1.44. The lowest BCUT2D eigenvalue weighted by Crippen LogP contribution is -2.44. The maximum atomic E-state index is 13.9. The van der Waals surface area contributed by atoms with Crippen LogP contribution in [0.5, 0.6) is 0 Å². The molecule has 16 heavy (non-hydrogen) atoms. The number of hydrogen-bond acceptors (Lipinski definition) is 2. The molecule has 1 aromatic carbocycles. The zero-order valence-corrected chi connectivity index (χ0v) is 10.8. The smallest absolute Gasteiger partial charge is 0.143 e. The fourth-order valence-corrected chi connectivity index (χ4v) is 2.70. The Balaban J connectivity index is 2.38. The second kappa shape index (κ2) is 4.43. The number of β-amino-alcohol motifs (C(OH)–C–C–N with tert-alkyl or cyclic N) is 1. The van der Waals surface area contributed by atoms with Crippen molar-refractivity contribution in [1.82, 2.24) is 4.90 Å².